The van der Waals surface area contributed by atoms with Gasteiger partial charge in [-0.3, -0.25) is 0 Å². The predicted octanol–water partition coefficient (Wildman–Crippen LogP) is 3.73. The number of rotatable bonds is 6. The highest BCUT2D eigenvalue weighted by molar-refractivity contribution is 6.99. The highest BCUT2D eigenvalue weighted by Gasteiger charge is 2.57. The lowest BCUT2D eigenvalue weighted by atomic mass is 10.0. The Morgan fingerprint density at radius 2 is 1.52 bits per heavy atom. The molecular formula is C27H32NO4Si. The van der Waals surface area contributed by atoms with Gasteiger partial charge >= 0.3 is 0 Å². The van der Waals surface area contributed by atoms with Crippen LogP contribution in [0.4, 0.5) is 0 Å². The highest BCUT2D eigenvalue weighted by atomic mass is 28.4. The summed E-state index contributed by atoms with van der Waals surface area (Å²) in [4.78, 5) is 0. The predicted molar refractivity (Wildman–Crippen MR) is 129 cm³/mol. The molecule has 6 heteroatoms. The summed E-state index contributed by atoms with van der Waals surface area (Å²) in [6, 6.07) is 22.9. The van der Waals surface area contributed by atoms with Crippen molar-refractivity contribution < 1.29 is 18.6 Å². The van der Waals surface area contributed by atoms with Crippen LogP contribution in [0.1, 0.15) is 34.6 Å². The second kappa shape index (κ2) is 8.82. The number of nitriles is 1. The molecule has 4 rings (SSSR count). The van der Waals surface area contributed by atoms with Gasteiger partial charge in [0.25, 0.3) is 8.32 Å². The summed E-state index contributed by atoms with van der Waals surface area (Å²) in [5.74, 6) is -0.775. The Morgan fingerprint density at radius 1 is 1.00 bits per heavy atom. The third kappa shape index (κ3) is 4.32. The molecule has 0 amide bonds. The van der Waals surface area contributed by atoms with Crippen LogP contribution in [0.2, 0.25) is 5.04 Å². The second-order valence-corrected chi connectivity index (χ2v) is 14.5. The van der Waals surface area contributed by atoms with E-state index in [1.165, 1.54) is 10.4 Å². The van der Waals surface area contributed by atoms with Gasteiger partial charge in [-0.05, 0) is 35.8 Å². The largest absolute Gasteiger partial charge is 0.405 e. The molecule has 0 aromatic heterocycles. The zero-order valence-corrected chi connectivity index (χ0v) is 20.9. The zero-order chi connectivity index (χ0) is 23.9. The van der Waals surface area contributed by atoms with Gasteiger partial charge in [0.05, 0.1) is 18.2 Å². The maximum absolute atomic E-state index is 9.38. The van der Waals surface area contributed by atoms with Crippen LogP contribution in [0.3, 0.4) is 0 Å². The smallest absolute Gasteiger partial charge is 0.261 e. The van der Waals surface area contributed by atoms with E-state index in [0.717, 1.165) is 0 Å². The summed E-state index contributed by atoms with van der Waals surface area (Å²) in [7, 11) is -2.73. The third-order valence-corrected chi connectivity index (χ3v) is 11.5. The highest BCUT2D eigenvalue weighted by Crippen LogP contribution is 2.42. The van der Waals surface area contributed by atoms with Crippen LogP contribution < -0.4 is 10.4 Å². The van der Waals surface area contributed by atoms with Gasteiger partial charge in [-0.2, -0.15) is 5.26 Å². The van der Waals surface area contributed by atoms with E-state index in [4.69, 9.17) is 25.2 Å². The Balaban J connectivity index is 1.71. The summed E-state index contributed by atoms with van der Waals surface area (Å²) >= 11 is 0. The Labute approximate surface area is 198 Å². The van der Waals surface area contributed by atoms with Gasteiger partial charge in [0.2, 0.25) is 0 Å². The van der Waals surface area contributed by atoms with Gasteiger partial charge in [-0.25, -0.2) is 0 Å². The molecule has 2 aliphatic rings. The Bertz CT molecular complexity index is 986. The van der Waals surface area contributed by atoms with Crippen molar-refractivity contribution in [3.63, 3.8) is 0 Å². The molecule has 0 spiro atoms. The number of benzene rings is 2. The lowest BCUT2D eigenvalue weighted by Gasteiger charge is -2.43. The lowest BCUT2D eigenvalue weighted by Crippen LogP contribution is -2.67. The van der Waals surface area contributed by atoms with Crippen molar-refractivity contribution >= 4 is 18.7 Å². The molecule has 2 saturated heterocycles. The van der Waals surface area contributed by atoms with Gasteiger partial charge in [-0.15, -0.1) is 0 Å². The van der Waals surface area contributed by atoms with E-state index < -0.39 is 32.4 Å². The van der Waals surface area contributed by atoms with Crippen LogP contribution in [0.15, 0.2) is 66.2 Å². The lowest BCUT2D eigenvalue weighted by molar-refractivity contribution is -0.185. The van der Waals surface area contributed by atoms with Crippen molar-refractivity contribution in [1.82, 2.24) is 0 Å². The average Bonchev–Trinajstić information content (AvgIpc) is 3.27. The number of hydrogen-bond donors (Lipinski definition) is 0. The van der Waals surface area contributed by atoms with E-state index in [-0.39, 0.29) is 16.7 Å². The molecule has 4 atom stereocenters. The number of hydrogen-bond acceptors (Lipinski definition) is 5. The molecule has 173 valence electrons. The fourth-order valence-electron chi connectivity index (χ4n) is 5.10. The first kappa shape index (κ1) is 23.9. The minimum Gasteiger partial charge on any atom is -0.405 e. The first-order valence-electron chi connectivity index (χ1n) is 11.4. The minimum absolute atomic E-state index is 0.0965. The van der Waals surface area contributed by atoms with Crippen molar-refractivity contribution in [3.05, 3.63) is 72.8 Å². The van der Waals surface area contributed by atoms with Crippen molar-refractivity contribution in [1.29, 1.82) is 5.26 Å². The summed E-state index contributed by atoms with van der Waals surface area (Å²) in [5.41, 5.74) is 0.0965. The molecule has 2 fully saturated rings. The molecule has 2 aromatic rings. The Morgan fingerprint density at radius 3 is 2.00 bits per heavy atom. The van der Waals surface area contributed by atoms with E-state index in [1.54, 1.807) is 0 Å². The average molecular weight is 463 g/mol. The van der Waals surface area contributed by atoms with Crippen LogP contribution in [-0.2, 0) is 18.6 Å². The minimum atomic E-state index is -2.73. The van der Waals surface area contributed by atoms with E-state index >= 15 is 0 Å². The summed E-state index contributed by atoms with van der Waals surface area (Å²) in [6.45, 7) is 16.7. The second-order valence-electron chi connectivity index (χ2n) is 10.2. The van der Waals surface area contributed by atoms with Crippen LogP contribution in [-0.4, -0.2) is 45.1 Å². The van der Waals surface area contributed by atoms with Crippen molar-refractivity contribution in [2.75, 3.05) is 6.61 Å². The molecule has 2 aromatic carbocycles. The van der Waals surface area contributed by atoms with Crippen LogP contribution in [0.5, 0.6) is 0 Å². The van der Waals surface area contributed by atoms with Crippen LogP contribution in [0, 0.1) is 17.9 Å². The zero-order valence-electron chi connectivity index (χ0n) is 19.9. The van der Waals surface area contributed by atoms with Crippen LogP contribution >= 0.6 is 0 Å². The molecular weight excluding hydrogens is 430 g/mol. The third-order valence-electron chi connectivity index (χ3n) is 6.47. The normalized spacial score (nSPS) is 26.5. The summed E-state index contributed by atoms with van der Waals surface area (Å²) < 4.78 is 25.5. The quantitative estimate of drug-likeness (QED) is 0.484. The van der Waals surface area contributed by atoms with Gasteiger partial charge < -0.3 is 18.6 Å². The van der Waals surface area contributed by atoms with Crippen molar-refractivity contribution in [2.45, 2.75) is 69.9 Å². The van der Waals surface area contributed by atoms with Gasteiger partial charge in [0.1, 0.15) is 24.4 Å². The topological polar surface area (TPSA) is 60.7 Å². The number of ether oxygens (including phenoxy) is 3. The molecule has 2 aliphatic heterocycles. The Kier molecular flexibility index (Phi) is 6.38. The van der Waals surface area contributed by atoms with Crippen molar-refractivity contribution in [3.8, 4) is 6.07 Å². The molecule has 1 unspecified atom stereocenters. The van der Waals surface area contributed by atoms with E-state index in [0.29, 0.717) is 6.61 Å². The SMILES string of the molecule is [CH]=C(C#N)C1O[C@H](CO[Si](c2ccccc2)(c2ccccc2)C(C)(C)C)[C@H]2OC(C)(C)O[C@@H]12. The van der Waals surface area contributed by atoms with Crippen LogP contribution in [0.25, 0.3) is 0 Å². The fourth-order valence-corrected chi connectivity index (χ4v) is 9.67. The molecule has 0 aliphatic carbocycles. The molecule has 1 radical (unpaired) electrons. The maximum atomic E-state index is 9.38. The van der Waals surface area contributed by atoms with Crippen molar-refractivity contribution in [2.24, 2.45) is 0 Å². The van der Waals surface area contributed by atoms with E-state index in [2.05, 4.69) is 69.3 Å². The molecule has 0 saturated carbocycles. The molecule has 5 nitrogen and oxygen atoms in total. The molecule has 0 bridgehead atoms. The monoisotopic (exact) mass is 462 g/mol. The first-order chi connectivity index (χ1) is 15.6. The Hall–Kier alpha value is -2.27. The molecule has 0 N–H and O–H groups in total. The molecule has 2 heterocycles. The maximum Gasteiger partial charge on any atom is 0.261 e. The standard InChI is InChI=1S/C27H32NO4Si/c1-19(17-28)23-25-24(31-27(5,6)32-25)22(30-23)18-29-33(26(2,3)4,20-13-9-7-10-14-20)21-15-11-8-12-16-21/h1,7-16,22-25H,18H2,2-6H3/t22-,23?,24-,25+/m1/s1. The summed E-state index contributed by atoms with van der Waals surface area (Å²) in [6.07, 6.45) is -1.85. The molecule has 33 heavy (non-hydrogen) atoms. The fraction of sp³-hybridized carbons (Fsp3) is 0.444. The first-order valence-corrected chi connectivity index (χ1v) is 13.3. The van der Waals surface area contributed by atoms with E-state index in [9.17, 15) is 5.26 Å². The van der Waals surface area contributed by atoms with Gasteiger partial charge in [-0.1, -0.05) is 81.4 Å². The number of fused-ring (bicyclic) bond motifs is 1. The van der Waals surface area contributed by atoms with Gasteiger partial charge in [0.15, 0.2) is 5.79 Å². The van der Waals surface area contributed by atoms with Gasteiger partial charge in [0, 0.05) is 0 Å². The van der Waals surface area contributed by atoms with E-state index in [1.807, 2.05) is 32.0 Å². The summed E-state index contributed by atoms with van der Waals surface area (Å²) in [5, 5.41) is 11.6. The number of nitrogens with zero attached hydrogens (tertiary/aromatic N) is 1.